The fourth-order valence-corrected chi connectivity index (χ4v) is 3.63. The summed E-state index contributed by atoms with van der Waals surface area (Å²) in [5.74, 6) is 0.0414. The summed E-state index contributed by atoms with van der Waals surface area (Å²) < 4.78 is 1.81. The Hall–Kier alpha value is -3.15. The number of anilines is 1. The number of pyridine rings is 1. The van der Waals surface area contributed by atoms with E-state index in [0.717, 1.165) is 16.9 Å². The van der Waals surface area contributed by atoms with Crippen molar-refractivity contribution in [2.24, 2.45) is 5.92 Å². The molecule has 138 valence electrons. The second-order valence-corrected chi connectivity index (χ2v) is 7.10. The number of hydrogen-bond acceptors (Lipinski definition) is 3. The first-order chi connectivity index (χ1) is 13.0. The average molecular weight is 362 g/mol. The zero-order valence-corrected chi connectivity index (χ0v) is 15.5. The Labute approximate surface area is 157 Å². The second-order valence-electron chi connectivity index (χ2n) is 7.10. The van der Waals surface area contributed by atoms with Gasteiger partial charge in [-0.2, -0.15) is 0 Å². The Morgan fingerprint density at radius 3 is 2.78 bits per heavy atom. The van der Waals surface area contributed by atoms with Crippen LogP contribution in [-0.2, 0) is 4.79 Å². The van der Waals surface area contributed by atoms with Crippen LogP contribution in [0.1, 0.15) is 28.2 Å². The van der Waals surface area contributed by atoms with E-state index in [0.29, 0.717) is 30.9 Å². The molecule has 1 saturated heterocycles. The molecule has 0 radical (unpaired) electrons. The molecule has 1 fully saturated rings. The summed E-state index contributed by atoms with van der Waals surface area (Å²) in [5.41, 5.74) is 4.03. The molecule has 1 N–H and O–H groups in total. The van der Waals surface area contributed by atoms with Gasteiger partial charge < -0.3 is 10.2 Å². The number of aromatic nitrogens is 2. The van der Waals surface area contributed by atoms with Crippen molar-refractivity contribution >= 4 is 23.1 Å². The number of benzene rings is 1. The standard InChI is InChI=1S/C21H22N4O2/c1-14-8-9-24-18(10-14)23-15(2)20(24)21(27)22-12-16-11-19(26)25(13-16)17-6-4-3-5-7-17/h3-10,16H,11-13H2,1-2H3,(H,22,27)/t16-/m1/s1. The number of imidazole rings is 1. The molecule has 4 rings (SSSR count). The van der Waals surface area contributed by atoms with Gasteiger partial charge in [-0.05, 0) is 43.7 Å². The van der Waals surface area contributed by atoms with Crippen LogP contribution in [0.25, 0.3) is 5.65 Å². The van der Waals surface area contributed by atoms with Gasteiger partial charge in [0.1, 0.15) is 11.3 Å². The Bertz CT molecular complexity index is 1010. The van der Waals surface area contributed by atoms with Gasteiger partial charge in [0, 0.05) is 37.3 Å². The van der Waals surface area contributed by atoms with E-state index >= 15 is 0 Å². The van der Waals surface area contributed by atoms with Crippen molar-refractivity contribution in [2.45, 2.75) is 20.3 Å². The van der Waals surface area contributed by atoms with Crippen molar-refractivity contribution in [2.75, 3.05) is 18.0 Å². The van der Waals surface area contributed by atoms with Crippen LogP contribution < -0.4 is 10.2 Å². The number of amides is 2. The van der Waals surface area contributed by atoms with Crippen LogP contribution >= 0.6 is 0 Å². The van der Waals surface area contributed by atoms with Gasteiger partial charge in [0.05, 0.1) is 5.69 Å². The Kier molecular flexibility index (Phi) is 4.39. The minimum atomic E-state index is -0.158. The van der Waals surface area contributed by atoms with Gasteiger partial charge >= 0.3 is 0 Å². The van der Waals surface area contributed by atoms with E-state index in [9.17, 15) is 9.59 Å². The molecule has 0 bridgehead atoms. The van der Waals surface area contributed by atoms with Gasteiger partial charge in [0.15, 0.2) is 0 Å². The van der Waals surface area contributed by atoms with Gasteiger partial charge in [0.25, 0.3) is 5.91 Å². The van der Waals surface area contributed by atoms with Crippen molar-refractivity contribution in [3.8, 4) is 0 Å². The van der Waals surface area contributed by atoms with Crippen molar-refractivity contribution in [3.05, 3.63) is 65.6 Å². The number of carbonyl (C=O) groups is 2. The third-order valence-electron chi connectivity index (χ3n) is 5.00. The molecule has 27 heavy (non-hydrogen) atoms. The normalized spacial score (nSPS) is 16.9. The molecule has 6 heteroatoms. The molecule has 2 aromatic heterocycles. The summed E-state index contributed by atoms with van der Waals surface area (Å²) >= 11 is 0. The smallest absolute Gasteiger partial charge is 0.270 e. The maximum Gasteiger partial charge on any atom is 0.270 e. The summed E-state index contributed by atoms with van der Waals surface area (Å²) in [6.45, 7) is 4.92. The van der Waals surface area contributed by atoms with Gasteiger partial charge in [-0.3, -0.25) is 14.0 Å². The zero-order valence-electron chi connectivity index (χ0n) is 15.5. The van der Waals surface area contributed by atoms with Crippen LogP contribution in [0, 0.1) is 19.8 Å². The van der Waals surface area contributed by atoms with Crippen LogP contribution in [0.15, 0.2) is 48.7 Å². The largest absolute Gasteiger partial charge is 0.350 e. The lowest BCUT2D eigenvalue weighted by atomic mass is 10.1. The number of hydrogen-bond donors (Lipinski definition) is 1. The summed E-state index contributed by atoms with van der Waals surface area (Å²) in [4.78, 5) is 31.3. The highest BCUT2D eigenvalue weighted by Crippen LogP contribution is 2.24. The fourth-order valence-electron chi connectivity index (χ4n) is 3.63. The quantitative estimate of drug-likeness (QED) is 0.776. The number of nitrogens with one attached hydrogen (secondary N) is 1. The number of rotatable bonds is 4. The van der Waals surface area contributed by atoms with Crippen molar-refractivity contribution < 1.29 is 9.59 Å². The van der Waals surface area contributed by atoms with E-state index in [1.165, 1.54) is 0 Å². The predicted octanol–water partition coefficient (Wildman–Crippen LogP) is 2.73. The number of nitrogens with zero attached hydrogens (tertiary/aromatic N) is 3. The van der Waals surface area contributed by atoms with Crippen LogP contribution in [-0.4, -0.2) is 34.3 Å². The van der Waals surface area contributed by atoms with E-state index < -0.39 is 0 Å². The first-order valence-corrected chi connectivity index (χ1v) is 9.12. The molecule has 1 aliphatic rings. The molecule has 1 aromatic carbocycles. The molecule has 3 aromatic rings. The Balaban J connectivity index is 1.45. The summed E-state index contributed by atoms with van der Waals surface area (Å²) in [6.07, 6.45) is 2.32. The minimum absolute atomic E-state index is 0.0990. The number of fused-ring (bicyclic) bond motifs is 1. The van der Waals surface area contributed by atoms with Gasteiger partial charge in [-0.15, -0.1) is 0 Å². The van der Waals surface area contributed by atoms with Crippen LogP contribution in [0.5, 0.6) is 0 Å². The number of para-hydroxylation sites is 1. The number of aryl methyl sites for hydroxylation is 2. The van der Waals surface area contributed by atoms with E-state index in [1.54, 1.807) is 4.90 Å². The maximum absolute atomic E-state index is 12.7. The second kappa shape index (κ2) is 6.87. The molecule has 1 atom stereocenters. The lowest BCUT2D eigenvalue weighted by Gasteiger charge is -2.16. The molecule has 0 spiro atoms. The van der Waals surface area contributed by atoms with E-state index in [-0.39, 0.29) is 17.7 Å². The molecule has 3 heterocycles. The summed E-state index contributed by atoms with van der Waals surface area (Å²) in [5, 5.41) is 2.99. The third kappa shape index (κ3) is 3.30. The van der Waals surface area contributed by atoms with E-state index in [2.05, 4.69) is 10.3 Å². The minimum Gasteiger partial charge on any atom is -0.350 e. The maximum atomic E-state index is 12.7. The lowest BCUT2D eigenvalue weighted by molar-refractivity contribution is -0.117. The summed E-state index contributed by atoms with van der Waals surface area (Å²) in [6, 6.07) is 13.6. The fraction of sp³-hybridized carbons (Fsp3) is 0.286. The van der Waals surface area contributed by atoms with Gasteiger partial charge in [0.2, 0.25) is 5.91 Å². The van der Waals surface area contributed by atoms with Crippen LogP contribution in [0.2, 0.25) is 0 Å². The highest BCUT2D eigenvalue weighted by atomic mass is 16.2. The third-order valence-corrected chi connectivity index (χ3v) is 5.00. The molecule has 6 nitrogen and oxygen atoms in total. The molecule has 1 aliphatic heterocycles. The Morgan fingerprint density at radius 2 is 2.00 bits per heavy atom. The first kappa shape index (κ1) is 17.3. The van der Waals surface area contributed by atoms with Crippen molar-refractivity contribution in [1.29, 1.82) is 0 Å². The van der Waals surface area contributed by atoms with E-state index in [4.69, 9.17) is 0 Å². The SMILES string of the molecule is Cc1ccn2c(C(=O)NC[C@H]3CC(=O)N(c4ccccc4)C3)c(C)nc2c1. The Morgan fingerprint density at radius 1 is 1.22 bits per heavy atom. The summed E-state index contributed by atoms with van der Waals surface area (Å²) in [7, 11) is 0. The monoisotopic (exact) mass is 362 g/mol. The molecular weight excluding hydrogens is 340 g/mol. The highest BCUT2D eigenvalue weighted by molar-refractivity contribution is 5.96. The number of carbonyl (C=O) groups excluding carboxylic acids is 2. The van der Waals surface area contributed by atoms with Gasteiger partial charge in [-0.1, -0.05) is 18.2 Å². The van der Waals surface area contributed by atoms with Gasteiger partial charge in [-0.25, -0.2) is 4.98 Å². The predicted molar refractivity (Wildman–Crippen MR) is 104 cm³/mol. The van der Waals surface area contributed by atoms with Crippen molar-refractivity contribution in [1.82, 2.24) is 14.7 Å². The molecule has 0 aliphatic carbocycles. The molecule has 0 unspecified atom stereocenters. The molecule has 0 saturated carbocycles. The lowest BCUT2D eigenvalue weighted by Crippen LogP contribution is -2.32. The zero-order chi connectivity index (χ0) is 19.0. The topological polar surface area (TPSA) is 66.7 Å². The van der Waals surface area contributed by atoms with E-state index in [1.807, 2.05) is 66.9 Å². The first-order valence-electron chi connectivity index (χ1n) is 9.12. The van der Waals surface area contributed by atoms with Crippen molar-refractivity contribution in [3.63, 3.8) is 0 Å². The molecular formula is C21H22N4O2. The highest BCUT2D eigenvalue weighted by Gasteiger charge is 2.31. The van der Waals surface area contributed by atoms with Crippen LogP contribution in [0.4, 0.5) is 5.69 Å². The van der Waals surface area contributed by atoms with Crippen LogP contribution in [0.3, 0.4) is 0 Å². The average Bonchev–Trinajstić information content (AvgIpc) is 3.19. The molecule has 2 amide bonds.